The molecule has 19 heavy (non-hydrogen) atoms. The Kier molecular flexibility index (Phi) is 4.81. The van der Waals surface area contributed by atoms with Crippen molar-refractivity contribution in [2.45, 2.75) is 13.8 Å². The maximum Gasteiger partial charge on any atom is 0.355 e. The second-order valence-corrected chi connectivity index (χ2v) is 5.66. The third-order valence-corrected chi connectivity index (χ3v) is 4.67. The zero-order valence-electron chi connectivity index (χ0n) is 10.8. The number of thioether (sulfide) groups is 2. The molecular weight excluding hydrogens is 286 g/mol. The molecule has 0 aromatic heterocycles. The fourth-order valence-corrected chi connectivity index (χ4v) is 3.92. The van der Waals surface area contributed by atoms with E-state index in [9.17, 15) is 9.59 Å². The Hall–Kier alpha value is -1.08. The highest BCUT2D eigenvalue weighted by Gasteiger charge is 2.35. The second kappa shape index (κ2) is 6.38. The van der Waals surface area contributed by atoms with Gasteiger partial charge in [-0.25, -0.2) is 9.59 Å². The Balaban J connectivity index is 2.20. The maximum absolute atomic E-state index is 11.9. The van der Waals surface area contributed by atoms with E-state index in [0.29, 0.717) is 30.4 Å². The summed E-state index contributed by atoms with van der Waals surface area (Å²) >= 11 is 2.84. The van der Waals surface area contributed by atoms with Crippen LogP contribution in [-0.2, 0) is 19.1 Å². The molecule has 0 amide bonds. The topological polar surface area (TPSA) is 55.8 Å². The molecule has 2 aliphatic heterocycles. The zero-order valence-corrected chi connectivity index (χ0v) is 12.4. The summed E-state index contributed by atoms with van der Waals surface area (Å²) in [6, 6.07) is 0. The first kappa shape index (κ1) is 14.3. The summed E-state index contributed by atoms with van der Waals surface area (Å²) in [5, 5.41) is 2.51. The molecule has 0 atom stereocenters. The van der Waals surface area contributed by atoms with Crippen LogP contribution in [0.25, 0.3) is 0 Å². The molecule has 0 bridgehead atoms. The van der Waals surface area contributed by atoms with Gasteiger partial charge in [-0.1, -0.05) is 11.8 Å². The molecule has 0 aromatic rings. The van der Waals surface area contributed by atoms with Crippen molar-refractivity contribution in [1.29, 1.82) is 0 Å². The van der Waals surface area contributed by atoms with Crippen molar-refractivity contribution >= 4 is 35.5 Å². The molecule has 2 aliphatic rings. The third-order valence-electron chi connectivity index (χ3n) is 2.52. The third kappa shape index (κ3) is 2.92. The molecule has 104 valence electrons. The van der Waals surface area contributed by atoms with E-state index in [1.165, 1.54) is 23.5 Å². The molecule has 2 heterocycles. The summed E-state index contributed by atoms with van der Waals surface area (Å²) in [4.78, 5) is 26.1. The SMILES string of the molecule is CCOC(=O)C1=CSC2=C(C(=O)OCC)SCCN12. The van der Waals surface area contributed by atoms with Crippen LogP contribution in [-0.4, -0.2) is 42.3 Å². The van der Waals surface area contributed by atoms with Crippen LogP contribution in [0.1, 0.15) is 13.8 Å². The number of fused-ring (bicyclic) bond motifs is 1. The highest BCUT2D eigenvalue weighted by Crippen LogP contribution is 2.43. The van der Waals surface area contributed by atoms with E-state index in [1.807, 2.05) is 4.90 Å². The second-order valence-electron chi connectivity index (χ2n) is 3.70. The molecule has 0 N–H and O–H groups in total. The minimum Gasteiger partial charge on any atom is -0.462 e. The van der Waals surface area contributed by atoms with Crippen LogP contribution in [0.15, 0.2) is 21.0 Å². The number of carbonyl (C=O) groups is 2. The molecule has 0 spiro atoms. The first-order chi connectivity index (χ1) is 9.19. The predicted molar refractivity (Wildman–Crippen MR) is 75.1 cm³/mol. The van der Waals surface area contributed by atoms with Gasteiger partial charge in [0.2, 0.25) is 0 Å². The summed E-state index contributed by atoms with van der Waals surface area (Å²) in [6.45, 7) is 4.93. The Bertz CT molecular complexity index is 459. The summed E-state index contributed by atoms with van der Waals surface area (Å²) in [5.41, 5.74) is 0.504. The van der Waals surface area contributed by atoms with Gasteiger partial charge in [0.1, 0.15) is 15.6 Å². The van der Waals surface area contributed by atoms with Crippen molar-refractivity contribution in [3.63, 3.8) is 0 Å². The quantitative estimate of drug-likeness (QED) is 0.735. The number of carbonyl (C=O) groups excluding carboxylic acids is 2. The molecule has 7 heteroatoms. The predicted octanol–water partition coefficient (Wildman–Crippen LogP) is 1.92. The smallest absolute Gasteiger partial charge is 0.355 e. The Morgan fingerprint density at radius 1 is 1.26 bits per heavy atom. The van der Waals surface area contributed by atoms with Gasteiger partial charge in [-0.15, -0.1) is 11.8 Å². The molecule has 0 saturated heterocycles. The average molecular weight is 301 g/mol. The minimum atomic E-state index is -0.347. The number of esters is 2. The van der Waals surface area contributed by atoms with Crippen LogP contribution < -0.4 is 0 Å². The summed E-state index contributed by atoms with van der Waals surface area (Å²) < 4.78 is 10.0. The average Bonchev–Trinajstić information content (AvgIpc) is 2.82. The number of hydrogen-bond acceptors (Lipinski definition) is 7. The lowest BCUT2D eigenvalue weighted by molar-refractivity contribution is -0.140. The van der Waals surface area contributed by atoms with Crippen molar-refractivity contribution < 1.29 is 19.1 Å². The number of hydrogen-bond donors (Lipinski definition) is 0. The van der Waals surface area contributed by atoms with Gasteiger partial charge < -0.3 is 14.4 Å². The number of nitrogens with zero attached hydrogens (tertiary/aromatic N) is 1. The highest BCUT2D eigenvalue weighted by molar-refractivity contribution is 8.09. The largest absolute Gasteiger partial charge is 0.462 e. The Labute approximate surface area is 120 Å². The Morgan fingerprint density at radius 2 is 1.95 bits per heavy atom. The molecular formula is C12H15NO4S2. The summed E-state index contributed by atoms with van der Waals surface area (Å²) in [5.74, 6) is 0.0768. The minimum absolute atomic E-state index is 0.321. The van der Waals surface area contributed by atoms with Crippen LogP contribution >= 0.6 is 23.5 Å². The summed E-state index contributed by atoms with van der Waals surface area (Å²) in [6.07, 6.45) is 0. The van der Waals surface area contributed by atoms with E-state index in [1.54, 1.807) is 19.3 Å². The van der Waals surface area contributed by atoms with E-state index in [4.69, 9.17) is 9.47 Å². The van der Waals surface area contributed by atoms with Crippen LogP contribution in [0.4, 0.5) is 0 Å². The molecule has 0 unspecified atom stereocenters. The van der Waals surface area contributed by atoms with Crippen LogP contribution in [0, 0.1) is 0 Å². The molecule has 0 aliphatic carbocycles. The number of ether oxygens (including phenoxy) is 2. The maximum atomic E-state index is 11.9. The van der Waals surface area contributed by atoms with Crippen LogP contribution in [0.3, 0.4) is 0 Å². The lowest BCUT2D eigenvalue weighted by atomic mass is 10.4. The van der Waals surface area contributed by atoms with E-state index in [2.05, 4.69) is 0 Å². The van der Waals surface area contributed by atoms with E-state index >= 15 is 0 Å². The van der Waals surface area contributed by atoms with Gasteiger partial charge in [0.05, 0.1) is 13.2 Å². The molecule has 2 rings (SSSR count). The lowest BCUT2D eigenvalue weighted by Crippen LogP contribution is -2.30. The van der Waals surface area contributed by atoms with Gasteiger partial charge in [0.25, 0.3) is 0 Å². The first-order valence-electron chi connectivity index (χ1n) is 6.04. The van der Waals surface area contributed by atoms with E-state index in [0.717, 1.165) is 10.8 Å². The Morgan fingerprint density at radius 3 is 2.63 bits per heavy atom. The van der Waals surface area contributed by atoms with E-state index < -0.39 is 0 Å². The van der Waals surface area contributed by atoms with Crippen molar-refractivity contribution in [2.24, 2.45) is 0 Å². The zero-order chi connectivity index (χ0) is 13.8. The number of rotatable bonds is 4. The highest BCUT2D eigenvalue weighted by atomic mass is 32.2. The summed E-state index contributed by atoms with van der Waals surface area (Å²) in [7, 11) is 0. The monoisotopic (exact) mass is 301 g/mol. The van der Waals surface area contributed by atoms with Gasteiger partial charge in [0, 0.05) is 17.7 Å². The molecule has 5 nitrogen and oxygen atoms in total. The first-order valence-corrected chi connectivity index (χ1v) is 7.91. The lowest BCUT2D eigenvalue weighted by Gasteiger charge is -2.27. The molecule has 0 fully saturated rings. The van der Waals surface area contributed by atoms with Crippen LogP contribution in [0.2, 0.25) is 0 Å². The van der Waals surface area contributed by atoms with Crippen molar-refractivity contribution in [3.8, 4) is 0 Å². The molecule has 0 radical (unpaired) electrons. The molecule has 0 aromatic carbocycles. The van der Waals surface area contributed by atoms with Gasteiger partial charge in [0.15, 0.2) is 0 Å². The standard InChI is InChI=1S/C12H15NO4S2/c1-3-16-11(14)8-7-19-10-9(12(15)17-4-2)18-6-5-13(8)10/h7H,3-6H2,1-2H3. The van der Waals surface area contributed by atoms with Crippen molar-refractivity contribution in [2.75, 3.05) is 25.5 Å². The van der Waals surface area contributed by atoms with E-state index in [-0.39, 0.29) is 11.9 Å². The van der Waals surface area contributed by atoms with Crippen LogP contribution in [0.5, 0.6) is 0 Å². The fourth-order valence-electron chi connectivity index (χ4n) is 1.75. The molecule has 0 saturated carbocycles. The normalized spacial score (nSPS) is 18.0. The van der Waals surface area contributed by atoms with Crippen molar-refractivity contribution in [1.82, 2.24) is 4.90 Å². The van der Waals surface area contributed by atoms with Gasteiger partial charge in [-0.2, -0.15) is 0 Å². The van der Waals surface area contributed by atoms with Gasteiger partial charge >= 0.3 is 11.9 Å². The van der Waals surface area contributed by atoms with Gasteiger partial charge in [-0.05, 0) is 13.8 Å². The fraction of sp³-hybridized carbons (Fsp3) is 0.500. The van der Waals surface area contributed by atoms with Crippen molar-refractivity contribution in [3.05, 3.63) is 21.0 Å². The van der Waals surface area contributed by atoms with Gasteiger partial charge in [-0.3, -0.25) is 0 Å².